The van der Waals surface area contributed by atoms with Crippen molar-refractivity contribution < 1.29 is 4.79 Å². The molecular formula is C16H19ClN2OS. The second-order valence-electron chi connectivity index (χ2n) is 6.48. The highest BCUT2D eigenvalue weighted by Gasteiger charge is 2.31. The number of fused-ring (bicyclic) bond motifs is 1. The third-order valence-electron chi connectivity index (χ3n) is 4.07. The van der Waals surface area contributed by atoms with Gasteiger partial charge in [-0.05, 0) is 36.5 Å². The molecule has 112 valence electrons. The standard InChI is InChI=1S/C16H19ClN2OS/c1-16(2)6-3-7-19(9-16)15(20)14-13(18)11-5-4-10(17)8-12(11)21-14/h4-5,8H,3,6-7,9,18H2,1-2H3. The maximum absolute atomic E-state index is 12.8. The number of benzene rings is 1. The second kappa shape index (κ2) is 5.18. The van der Waals surface area contributed by atoms with E-state index in [9.17, 15) is 4.79 Å². The third-order valence-corrected chi connectivity index (χ3v) is 5.46. The Bertz CT molecular complexity index is 708. The highest BCUT2D eigenvalue weighted by atomic mass is 35.5. The number of carbonyl (C=O) groups excluding carboxylic acids is 1. The molecule has 2 N–H and O–H groups in total. The number of nitrogens with two attached hydrogens (primary N) is 1. The average molecular weight is 323 g/mol. The molecule has 1 fully saturated rings. The first-order valence-corrected chi connectivity index (χ1v) is 8.34. The van der Waals surface area contributed by atoms with E-state index in [0.717, 1.165) is 36.0 Å². The molecule has 5 heteroatoms. The van der Waals surface area contributed by atoms with Gasteiger partial charge in [-0.25, -0.2) is 0 Å². The zero-order valence-corrected chi connectivity index (χ0v) is 13.9. The fourth-order valence-electron chi connectivity index (χ4n) is 2.99. The molecule has 3 rings (SSSR count). The van der Waals surface area contributed by atoms with Crippen molar-refractivity contribution >= 4 is 44.6 Å². The molecule has 21 heavy (non-hydrogen) atoms. The molecule has 0 saturated carbocycles. The van der Waals surface area contributed by atoms with Crippen LogP contribution in [0.3, 0.4) is 0 Å². The average Bonchev–Trinajstić information content (AvgIpc) is 2.73. The summed E-state index contributed by atoms with van der Waals surface area (Å²) in [6.45, 7) is 6.03. The van der Waals surface area contributed by atoms with E-state index < -0.39 is 0 Å². The minimum atomic E-state index is 0.0533. The SMILES string of the molecule is CC1(C)CCCN(C(=O)c2sc3cc(Cl)ccc3c2N)C1. The van der Waals surface area contributed by atoms with Gasteiger partial charge in [0.25, 0.3) is 5.91 Å². The summed E-state index contributed by atoms with van der Waals surface area (Å²) in [6, 6.07) is 5.57. The first kappa shape index (κ1) is 14.7. The van der Waals surface area contributed by atoms with E-state index in [2.05, 4.69) is 13.8 Å². The Labute approximate surface area is 133 Å². The van der Waals surface area contributed by atoms with Crippen molar-refractivity contribution in [3.05, 3.63) is 28.1 Å². The Morgan fingerprint density at radius 3 is 2.90 bits per heavy atom. The summed E-state index contributed by atoms with van der Waals surface area (Å²) < 4.78 is 0.972. The lowest BCUT2D eigenvalue weighted by Gasteiger charge is -2.37. The van der Waals surface area contributed by atoms with E-state index in [1.165, 1.54) is 11.3 Å². The summed E-state index contributed by atoms with van der Waals surface area (Å²) in [5, 5.41) is 1.59. The quantitative estimate of drug-likeness (QED) is 0.845. The van der Waals surface area contributed by atoms with Gasteiger partial charge >= 0.3 is 0 Å². The normalized spacial score (nSPS) is 18.1. The third kappa shape index (κ3) is 2.74. The Hall–Kier alpha value is -1.26. The van der Waals surface area contributed by atoms with E-state index in [-0.39, 0.29) is 11.3 Å². The van der Waals surface area contributed by atoms with Gasteiger partial charge in [0.05, 0.1) is 5.69 Å². The van der Waals surface area contributed by atoms with E-state index >= 15 is 0 Å². The van der Waals surface area contributed by atoms with Crippen LogP contribution in [-0.2, 0) is 0 Å². The van der Waals surface area contributed by atoms with Crippen LogP contribution in [0.1, 0.15) is 36.4 Å². The number of halogens is 1. The Morgan fingerprint density at radius 1 is 1.43 bits per heavy atom. The lowest BCUT2D eigenvalue weighted by atomic mass is 9.84. The number of nitrogens with zero attached hydrogens (tertiary/aromatic N) is 1. The fourth-order valence-corrected chi connectivity index (χ4v) is 4.36. The predicted octanol–water partition coefficient (Wildman–Crippen LogP) is 4.40. The molecular weight excluding hydrogens is 304 g/mol. The van der Waals surface area contributed by atoms with Gasteiger partial charge in [0.1, 0.15) is 4.88 Å². The highest BCUT2D eigenvalue weighted by molar-refractivity contribution is 7.21. The molecule has 1 aromatic heterocycles. The Kier molecular flexibility index (Phi) is 3.62. The molecule has 1 aromatic carbocycles. The molecule has 3 nitrogen and oxygen atoms in total. The minimum Gasteiger partial charge on any atom is -0.397 e. The van der Waals surface area contributed by atoms with Crippen molar-refractivity contribution in [1.29, 1.82) is 0 Å². The predicted molar refractivity (Wildman–Crippen MR) is 90.2 cm³/mol. The first-order valence-electron chi connectivity index (χ1n) is 7.14. The van der Waals surface area contributed by atoms with Crippen molar-refractivity contribution in [2.45, 2.75) is 26.7 Å². The molecule has 0 atom stereocenters. The van der Waals surface area contributed by atoms with Gasteiger partial charge in [-0.1, -0.05) is 25.4 Å². The lowest BCUT2D eigenvalue weighted by molar-refractivity contribution is 0.0589. The maximum Gasteiger partial charge on any atom is 0.266 e. The first-order chi connectivity index (χ1) is 9.87. The largest absolute Gasteiger partial charge is 0.397 e. The monoisotopic (exact) mass is 322 g/mol. The molecule has 1 amide bonds. The van der Waals surface area contributed by atoms with Gasteiger partial charge < -0.3 is 10.6 Å². The number of amides is 1. The van der Waals surface area contributed by atoms with Crippen LogP contribution in [0.5, 0.6) is 0 Å². The minimum absolute atomic E-state index is 0.0533. The zero-order chi connectivity index (χ0) is 15.2. The lowest BCUT2D eigenvalue weighted by Crippen LogP contribution is -2.43. The molecule has 2 aromatic rings. The number of piperidine rings is 1. The molecule has 2 heterocycles. The van der Waals surface area contributed by atoms with Crippen LogP contribution in [0.4, 0.5) is 5.69 Å². The molecule has 0 spiro atoms. The Balaban J connectivity index is 1.96. The van der Waals surface area contributed by atoms with Crippen LogP contribution in [0.25, 0.3) is 10.1 Å². The van der Waals surface area contributed by atoms with Gasteiger partial charge in [-0.3, -0.25) is 4.79 Å². The molecule has 1 aliphatic heterocycles. The number of carbonyl (C=O) groups is 1. The number of hydrogen-bond acceptors (Lipinski definition) is 3. The summed E-state index contributed by atoms with van der Waals surface area (Å²) in [6.07, 6.45) is 2.21. The zero-order valence-electron chi connectivity index (χ0n) is 12.3. The summed E-state index contributed by atoms with van der Waals surface area (Å²) in [5.41, 5.74) is 6.95. The van der Waals surface area contributed by atoms with Gasteiger partial charge in [0.2, 0.25) is 0 Å². The molecule has 0 radical (unpaired) electrons. The van der Waals surface area contributed by atoms with Crippen LogP contribution in [0.15, 0.2) is 18.2 Å². The number of nitrogen functional groups attached to an aromatic ring is 1. The van der Waals surface area contributed by atoms with Crippen molar-refractivity contribution in [3.8, 4) is 0 Å². The van der Waals surface area contributed by atoms with Crippen LogP contribution in [0.2, 0.25) is 5.02 Å². The smallest absolute Gasteiger partial charge is 0.266 e. The summed E-state index contributed by atoms with van der Waals surface area (Å²) in [7, 11) is 0. The van der Waals surface area contributed by atoms with Crippen LogP contribution >= 0.6 is 22.9 Å². The summed E-state index contributed by atoms with van der Waals surface area (Å²) in [4.78, 5) is 15.4. The van der Waals surface area contributed by atoms with E-state index in [1.807, 2.05) is 23.1 Å². The molecule has 0 aliphatic carbocycles. The molecule has 0 bridgehead atoms. The number of rotatable bonds is 1. The molecule has 1 aliphatic rings. The number of likely N-dealkylation sites (tertiary alicyclic amines) is 1. The fraction of sp³-hybridized carbons (Fsp3) is 0.438. The number of hydrogen-bond donors (Lipinski definition) is 1. The van der Waals surface area contributed by atoms with Gasteiger partial charge in [0.15, 0.2) is 0 Å². The highest BCUT2D eigenvalue weighted by Crippen LogP contribution is 2.37. The van der Waals surface area contributed by atoms with Crippen molar-refractivity contribution in [2.24, 2.45) is 5.41 Å². The van der Waals surface area contributed by atoms with Crippen LogP contribution in [-0.4, -0.2) is 23.9 Å². The van der Waals surface area contributed by atoms with E-state index in [4.69, 9.17) is 17.3 Å². The topological polar surface area (TPSA) is 46.3 Å². The van der Waals surface area contributed by atoms with Crippen molar-refractivity contribution in [2.75, 3.05) is 18.8 Å². The van der Waals surface area contributed by atoms with Gasteiger partial charge in [-0.2, -0.15) is 0 Å². The van der Waals surface area contributed by atoms with E-state index in [1.54, 1.807) is 0 Å². The molecule has 1 saturated heterocycles. The van der Waals surface area contributed by atoms with Crippen molar-refractivity contribution in [1.82, 2.24) is 4.90 Å². The van der Waals surface area contributed by atoms with Gasteiger partial charge in [-0.15, -0.1) is 11.3 Å². The summed E-state index contributed by atoms with van der Waals surface area (Å²) in [5.74, 6) is 0.0533. The van der Waals surface area contributed by atoms with Crippen LogP contribution < -0.4 is 5.73 Å². The molecule has 0 unspecified atom stereocenters. The van der Waals surface area contributed by atoms with Crippen molar-refractivity contribution in [3.63, 3.8) is 0 Å². The number of thiophene rings is 1. The maximum atomic E-state index is 12.8. The van der Waals surface area contributed by atoms with E-state index in [0.29, 0.717) is 15.6 Å². The summed E-state index contributed by atoms with van der Waals surface area (Å²) >= 11 is 7.46. The van der Waals surface area contributed by atoms with Gasteiger partial charge in [0, 0.05) is 28.2 Å². The van der Waals surface area contributed by atoms with Crippen LogP contribution in [0, 0.1) is 5.41 Å². The number of anilines is 1. The second-order valence-corrected chi connectivity index (χ2v) is 7.97. The Morgan fingerprint density at radius 2 is 2.19 bits per heavy atom.